The fourth-order valence-corrected chi connectivity index (χ4v) is 9.95. The number of hydrogen-bond donors (Lipinski definition) is 0. The summed E-state index contributed by atoms with van der Waals surface area (Å²) in [4.78, 5) is 3.14. The number of fused-ring (bicyclic) bond motifs is 1. The lowest BCUT2D eigenvalue weighted by molar-refractivity contribution is 0.107. The number of ether oxygens (including phenoxy) is 3. The van der Waals surface area contributed by atoms with Gasteiger partial charge in [-0.25, -0.2) is 0 Å². The molecular weight excluding hydrogens is 530 g/mol. The second-order valence-electron chi connectivity index (χ2n) is 11.1. The van der Waals surface area contributed by atoms with Crippen molar-refractivity contribution in [1.82, 2.24) is 0 Å². The van der Waals surface area contributed by atoms with Crippen molar-refractivity contribution in [2.75, 3.05) is 13.4 Å². The van der Waals surface area contributed by atoms with E-state index < -0.39 is 14.4 Å². The Bertz CT molecular complexity index is 1480. The van der Waals surface area contributed by atoms with Gasteiger partial charge in [-0.15, -0.1) is 0 Å². The summed E-state index contributed by atoms with van der Waals surface area (Å²) in [6.45, 7) is 9.36. The van der Waals surface area contributed by atoms with Gasteiger partial charge in [0, 0.05) is 16.0 Å². The van der Waals surface area contributed by atoms with E-state index in [1.165, 1.54) is 0 Å². The molecule has 41 heavy (non-hydrogen) atoms. The number of hydrogen-bond acceptors (Lipinski definition) is 5. The van der Waals surface area contributed by atoms with Gasteiger partial charge in [-0.1, -0.05) is 117 Å². The van der Waals surface area contributed by atoms with Gasteiger partial charge in [0.1, 0.15) is 5.75 Å². The molecule has 0 aromatic heterocycles. The minimum Gasteiger partial charge on any atom is -0.534 e. The molecule has 0 saturated carbocycles. The minimum atomic E-state index is -2.93. The molecule has 5 rings (SSSR count). The van der Waals surface area contributed by atoms with Crippen LogP contribution in [0.5, 0.6) is 17.2 Å². The molecular formula is C33H35N3O4Si. The van der Waals surface area contributed by atoms with E-state index in [4.69, 9.17) is 18.6 Å². The van der Waals surface area contributed by atoms with E-state index in [1.54, 1.807) is 0 Å². The molecule has 210 valence electrons. The Morgan fingerprint density at radius 1 is 0.878 bits per heavy atom. The van der Waals surface area contributed by atoms with Crippen LogP contribution in [-0.4, -0.2) is 21.7 Å². The molecule has 0 radical (unpaired) electrons. The van der Waals surface area contributed by atoms with Crippen molar-refractivity contribution in [3.63, 3.8) is 0 Å². The Kier molecular flexibility index (Phi) is 8.35. The van der Waals surface area contributed by atoms with Crippen LogP contribution in [0.2, 0.25) is 5.04 Å². The predicted molar refractivity (Wildman–Crippen MR) is 164 cm³/mol. The molecule has 7 nitrogen and oxygen atoms in total. The molecule has 4 aromatic rings. The highest BCUT2D eigenvalue weighted by atomic mass is 28.4. The van der Waals surface area contributed by atoms with Gasteiger partial charge in [0.15, 0.2) is 11.5 Å². The normalized spacial score (nSPS) is 13.4. The maximum absolute atomic E-state index is 9.48. The summed E-state index contributed by atoms with van der Waals surface area (Å²) >= 11 is 0. The van der Waals surface area contributed by atoms with E-state index in [1.807, 2.05) is 55.5 Å². The van der Waals surface area contributed by atoms with Crippen LogP contribution < -0.4 is 24.3 Å². The van der Waals surface area contributed by atoms with Gasteiger partial charge < -0.3 is 18.6 Å². The van der Waals surface area contributed by atoms with E-state index in [0.717, 1.165) is 21.5 Å². The lowest BCUT2D eigenvalue weighted by atomic mass is 10.0. The fraction of sp³-hybridized carbons (Fsp3) is 0.273. The van der Waals surface area contributed by atoms with Crippen molar-refractivity contribution in [2.45, 2.75) is 45.4 Å². The topological polar surface area (TPSA) is 85.7 Å². The van der Waals surface area contributed by atoms with Gasteiger partial charge in [-0.3, -0.25) is 0 Å². The standard InChI is InChI=1S/C33H35N3O4Si/c1-24-30(40-41(33(2,3)4,26-16-10-6-11-17-26)27-18-12-7-13-19-27)20-28(32-31(24)38-23-39-32)29(35-36-34)22-37-21-25-14-8-5-9-15-25/h5-20,29H,21-23H2,1-4H3/t29-/m0/s1. The lowest BCUT2D eigenvalue weighted by Gasteiger charge is -2.43. The lowest BCUT2D eigenvalue weighted by Crippen LogP contribution is -2.68. The van der Waals surface area contributed by atoms with Gasteiger partial charge in [-0.05, 0) is 39.5 Å². The number of rotatable bonds is 10. The maximum Gasteiger partial charge on any atom is 0.319 e. The molecule has 0 N–H and O–H groups in total. The van der Waals surface area contributed by atoms with Crippen LogP contribution in [0.15, 0.2) is 102 Å². The molecule has 0 spiro atoms. The molecule has 0 fully saturated rings. The molecule has 0 amide bonds. The van der Waals surface area contributed by atoms with Crippen molar-refractivity contribution in [3.05, 3.63) is 124 Å². The molecule has 1 aliphatic rings. The van der Waals surface area contributed by atoms with E-state index in [9.17, 15) is 5.53 Å². The van der Waals surface area contributed by atoms with Gasteiger partial charge in [0.05, 0.1) is 19.3 Å². The Hall–Kier alpha value is -4.23. The summed E-state index contributed by atoms with van der Waals surface area (Å²) in [7, 11) is -2.93. The molecule has 1 heterocycles. The Morgan fingerprint density at radius 3 is 2.00 bits per heavy atom. The van der Waals surface area contributed by atoms with E-state index >= 15 is 0 Å². The fourth-order valence-electron chi connectivity index (χ4n) is 5.48. The summed E-state index contributed by atoms with van der Waals surface area (Å²) in [6.07, 6.45) is 0. The van der Waals surface area contributed by atoms with E-state index in [-0.39, 0.29) is 18.4 Å². The first kappa shape index (κ1) is 28.3. The first-order valence-corrected chi connectivity index (χ1v) is 15.6. The SMILES string of the molecule is Cc1c(O[Si](c2ccccc2)(c2ccccc2)C(C)(C)C)cc([C@H](COCc2ccccc2)N=[N+]=[N-])c2c1OCO2. The third kappa shape index (κ3) is 5.68. The quantitative estimate of drug-likeness (QED) is 0.0878. The number of benzene rings is 4. The van der Waals surface area contributed by atoms with Crippen molar-refractivity contribution in [1.29, 1.82) is 0 Å². The van der Waals surface area contributed by atoms with Gasteiger partial charge in [-0.2, -0.15) is 0 Å². The van der Waals surface area contributed by atoms with Crippen LogP contribution in [0.1, 0.15) is 43.5 Å². The minimum absolute atomic E-state index is 0.0830. The molecule has 4 aromatic carbocycles. The van der Waals surface area contributed by atoms with Crippen LogP contribution in [0, 0.1) is 6.92 Å². The zero-order valence-electron chi connectivity index (χ0n) is 23.9. The smallest absolute Gasteiger partial charge is 0.319 e. The van der Waals surface area contributed by atoms with Crippen molar-refractivity contribution >= 4 is 18.7 Å². The highest BCUT2D eigenvalue weighted by Gasteiger charge is 2.52. The zero-order chi connectivity index (χ0) is 28.9. The average molecular weight is 566 g/mol. The predicted octanol–water partition coefficient (Wildman–Crippen LogP) is 7.23. The van der Waals surface area contributed by atoms with Crippen LogP contribution in [0.4, 0.5) is 0 Å². The Balaban J connectivity index is 1.61. The Morgan fingerprint density at radius 2 is 1.44 bits per heavy atom. The molecule has 1 aliphatic heterocycles. The summed E-state index contributed by atoms with van der Waals surface area (Å²) in [5.41, 5.74) is 12.1. The summed E-state index contributed by atoms with van der Waals surface area (Å²) in [5.74, 6) is 1.86. The van der Waals surface area contributed by atoms with E-state index in [0.29, 0.717) is 29.4 Å². The zero-order valence-corrected chi connectivity index (χ0v) is 24.9. The third-order valence-electron chi connectivity index (χ3n) is 7.49. The maximum atomic E-state index is 9.48. The highest BCUT2D eigenvalue weighted by molar-refractivity contribution is 7.00. The van der Waals surface area contributed by atoms with Crippen LogP contribution in [0.25, 0.3) is 10.4 Å². The van der Waals surface area contributed by atoms with E-state index in [2.05, 4.69) is 79.3 Å². The monoisotopic (exact) mass is 565 g/mol. The summed E-state index contributed by atoms with van der Waals surface area (Å²) in [6, 6.07) is 32.2. The second-order valence-corrected chi connectivity index (χ2v) is 15.4. The van der Waals surface area contributed by atoms with Gasteiger partial charge in [0.25, 0.3) is 0 Å². The first-order valence-electron chi connectivity index (χ1n) is 13.7. The number of nitrogens with zero attached hydrogens (tertiary/aromatic N) is 3. The third-order valence-corrected chi connectivity index (χ3v) is 12.4. The molecule has 0 unspecified atom stereocenters. The van der Waals surface area contributed by atoms with Crippen LogP contribution >= 0.6 is 0 Å². The molecule has 0 saturated heterocycles. The molecule has 0 aliphatic carbocycles. The largest absolute Gasteiger partial charge is 0.534 e. The molecule has 8 heteroatoms. The van der Waals surface area contributed by atoms with Gasteiger partial charge in [0.2, 0.25) is 6.79 Å². The first-order chi connectivity index (χ1) is 19.8. The molecule has 0 bridgehead atoms. The Labute approximate surface area is 242 Å². The summed E-state index contributed by atoms with van der Waals surface area (Å²) < 4.78 is 25.3. The van der Waals surface area contributed by atoms with Gasteiger partial charge >= 0.3 is 8.32 Å². The van der Waals surface area contributed by atoms with Crippen molar-refractivity contribution in [2.24, 2.45) is 5.11 Å². The average Bonchev–Trinajstić information content (AvgIpc) is 3.48. The summed E-state index contributed by atoms with van der Waals surface area (Å²) in [5, 5.41) is 6.20. The van der Waals surface area contributed by atoms with Crippen LogP contribution in [-0.2, 0) is 11.3 Å². The second kappa shape index (κ2) is 12.1. The highest BCUT2D eigenvalue weighted by Crippen LogP contribution is 2.48. The van der Waals surface area contributed by atoms with Crippen molar-refractivity contribution < 1.29 is 18.6 Å². The molecule has 1 atom stereocenters. The van der Waals surface area contributed by atoms with Crippen LogP contribution in [0.3, 0.4) is 0 Å². The van der Waals surface area contributed by atoms with Crippen molar-refractivity contribution in [3.8, 4) is 17.2 Å². The number of azide groups is 1.